The van der Waals surface area contributed by atoms with Crippen molar-refractivity contribution in [2.45, 2.75) is 25.9 Å². The number of carbonyl (C=O) groups is 1. The van der Waals surface area contributed by atoms with E-state index in [-0.39, 0.29) is 12.5 Å². The minimum absolute atomic E-state index is 0.0563. The van der Waals surface area contributed by atoms with Crippen LogP contribution < -0.4 is 9.64 Å². The van der Waals surface area contributed by atoms with Crippen molar-refractivity contribution >= 4 is 43.6 Å². The van der Waals surface area contributed by atoms with Crippen molar-refractivity contribution in [3.05, 3.63) is 47.2 Å². The van der Waals surface area contributed by atoms with Crippen LogP contribution in [-0.4, -0.2) is 54.0 Å². The number of nitrogens with zero attached hydrogens (tertiary/aromatic N) is 3. The summed E-state index contributed by atoms with van der Waals surface area (Å²) in [4.78, 5) is 23.7. The third-order valence-electron chi connectivity index (χ3n) is 6.62. The van der Waals surface area contributed by atoms with E-state index in [0.717, 1.165) is 73.8 Å². The predicted octanol–water partition coefficient (Wildman–Crippen LogP) is 4.22. The number of ether oxygens (including phenoxy) is 2. The molecule has 0 amide bonds. The molecule has 4 heterocycles. The number of thiazole rings is 1. The summed E-state index contributed by atoms with van der Waals surface area (Å²) in [6, 6.07) is 8.06. The van der Waals surface area contributed by atoms with Crippen LogP contribution in [0.15, 0.2) is 30.5 Å². The number of aromatic nitrogens is 2. The number of benzene rings is 2. The lowest BCUT2D eigenvalue weighted by Crippen LogP contribution is -2.51. The Morgan fingerprint density at radius 1 is 1.33 bits per heavy atom. The molecule has 2 aliphatic rings. The van der Waals surface area contributed by atoms with Crippen LogP contribution in [0.4, 0.5) is 5.13 Å². The second kappa shape index (κ2) is 7.67. The molecule has 7 nitrogen and oxygen atoms in total. The average Bonchev–Trinajstić information content (AvgIpc) is 3.17. The number of carboxylic acids is 1. The third kappa shape index (κ3) is 3.24. The third-order valence-corrected chi connectivity index (χ3v) is 7.77. The fraction of sp³-hybridized carbons (Fsp3) is 0.320. The molecule has 1 saturated heterocycles. The summed E-state index contributed by atoms with van der Waals surface area (Å²) in [5, 5.41) is 11.7. The van der Waals surface area contributed by atoms with Gasteiger partial charge in [0.2, 0.25) is 0 Å². The summed E-state index contributed by atoms with van der Waals surface area (Å²) in [5.74, 6) is -0.0175. The molecule has 2 aromatic carbocycles. The largest absolute Gasteiger partial charge is 0.493 e. The summed E-state index contributed by atoms with van der Waals surface area (Å²) in [6.07, 6.45) is 2.84. The fourth-order valence-electron chi connectivity index (χ4n) is 4.87. The van der Waals surface area contributed by atoms with Crippen molar-refractivity contribution in [2.75, 3.05) is 31.7 Å². The molecule has 4 aromatic rings. The van der Waals surface area contributed by atoms with E-state index in [9.17, 15) is 9.90 Å². The van der Waals surface area contributed by atoms with Gasteiger partial charge in [0.15, 0.2) is 5.13 Å². The first-order chi connectivity index (χ1) is 16.0. The van der Waals surface area contributed by atoms with Crippen LogP contribution in [0.5, 0.6) is 5.75 Å². The second-order valence-corrected chi connectivity index (χ2v) is 9.61. The van der Waals surface area contributed by atoms with E-state index < -0.39 is 5.97 Å². The molecule has 1 fully saturated rings. The molecule has 0 bridgehead atoms. The van der Waals surface area contributed by atoms with Crippen LogP contribution in [0.25, 0.3) is 32.2 Å². The van der Waals surface area contributed by atoms with Crippen LogP contribution in [0.1, 0.15) is 16.7 Å². The molecule has 168 valence electrons. The number of aryl methyl sites for hydroxylation is 1. The maximum absolute atomic E-state index is 11.8. The zero-order valence-electron chi connectivity index (χ0n) is 18.4. The van der Waals surface area contributed by atoms with E-state index in [0.29, 0.717) is 6.61 Å². The highest BCUT2D eigenvalue weighted by molar-refractivity contribution is 7.22. The summed E-state index contributed by atoms with van der Waals surface area (Å²) in [6.45, 7) is 4.24. The summed E-state index contributed by atoms with van der Waals surface area (Å²) in [7, 11) is 1.73. The molecule has 33 heavy (non-hydrogen) atoms. The molecule has 0 atom stereocenters. The van der Waals surface area contributed by atoms with E-state index >= 15 is 0 Å². The number of aliphatic carboxylic acids is 1. The van der Waals surface area contributed by atoms with Crippen molar-refractivity contribution in [3.63, 3.8) is 0 Å². The highest BCUT2D eigenvalue weighted by Gasteiger charge is 2.30. The number of anilines is 1. The Kier molecular flexibility index (Phi) is 4.74. The van der Waals surface area contributed by atoms with Gasteiger partial charge in [-0.3, -0.25) is 9.78 Å². The molecule has 0 saturated carbocycles. The van der Waals surface area contributed by atoms with Crippen LogP contribution in [0.3, 0.4) is 0 Å². The quantitative estimate of drug-likeness (QED) is 0.476. The van der Waals surface area contributed by atoms with E-state index in [1.54, 1.807) is 18.4 Å². The van der Waals surface area contributed by atoms with E-state index in [1.165, 1.54) is 5.56 Å². The summed E-state index contributed by atoms with van der Waals surface area (Å²) in [5.41, 5.74) is 6.52. The Morgan fingerprint density at radius 2 is 2.18 bits per heavy atom. The Morgan fingerprint density at radius 3 is 2.97 bits per heavy atom. The van der Waals surface area contributed by atoms with Gasteiger partial charge in [-0.15, -0.1) is 0 Å². The first-order valence-corrected chi connectivity index (χ1v) is 11.8. The number of fused-ring (bicyclic) bond motifs is 1. The highest BCUT2D eigenvalue weighted by Crippen LogP contribution is 2.45. The molecule has 6 rings (SSSR count). The molecule has 0 unspecified atom stereocenters. The molecule has 0 aliphatic carbocycles. The van der Waals surface area contributed by atoms with Gasteiger partial charge in [0, 0.05) is 49.3 Å². The zero-order chi connectivity index (χ0) is 22.7. The lowest BCUT2D eigenvalue weighted by molar-refractivity contribution is -0.136. The van der Waals surface area contributed by atoms with Crippen LogP contribution >= 0.6 is 11.3 Å². The van der Waals surface area contributed by atoms with Crippen LogP contribution in [0, 0.1) is 6.92 Å². The highest BCUT2D eigenvalue weighted by atomic mass is 32.1. The van der Waals surface area contributed by atoms with Crippen molar-refractivity contribution < 1.29 is 19.4 Å². The maximum Gasteiger partial charge on any atom is 0.307 e. The van der Waals surface area contributed by atoms with Crippen molar-refractivity contribution in [3.8, 4) is 16.9 Å². The Bertz CT molecular complexity index is 1410. The van der Waals surface area contributed by atoms with Gasteiger partial charge < -0.3 is 19.5 Å². The normalized spacial score (nSPS) is 15.6. The van der Waals surface area contributed by atoms with Crippen molar-refractivity contribution in [2.24, 2.45) is 0 Å². The van der Waals surface area contributed by atoms with E-state index in [4.69, 9.17) is 19.4 Å². The van der Waals surface area contributed by atoms with Gasteiger partial charge >= 0.3 is 5.97 Å². The number of hydrogen-bond acceptors (Lipinski definition) is 7. The molecular weight excluding hydrogens is 438 g/mol. The number of methoxy groups -OCH3 is 1. The van der Waals surface area contributed by atoms with E-state index in [2.05, 4.69) is 4.90 Å². The van der Waals surface area contributed by atoms with Gasteiger partial charge in [-0.1, -0.05) is 11.3 Å². The lowest BCUT2D eigenvalue weighted by Gasteiger charge is -2.37. The van der Waals surface area contributed by atoms with Gasteiger partial charge in [0.25, 0.3) is 0 Å². The van der Waals surface area contributed by atoms with Gasteiger partial charge in [-0.2, -0.15) is 0 Å². The monoisotopic (exact) mass is 461 g/mol. The Balaban J connectivity index is 1.62. The summed E-state index contributed by atoms with van der Waals surface area (Å²) < 4.78 is 12.3. The Hall–Kier alpha value is -3.23. The SMILES string of the molecule is COC1CN(c2nc3cc(C)c(CC(=O)O)c(-c4ccc5c6c(ccnc46)CCO5)c3s2)C1. The smallest absolute Gasteiger partial charge is 0.307 e. The Labute approximate surface area is 194 Å². The van der Waals surface area contributed by atoms with Gasteiger partial charge in [-0.25, -0.2) is 4.98 Å². The number of pyridine rings is 1. The molecular formula is C25H23N3O4S. The molecule has 2 aromatic heterocycles. The summed E-state index contributed by atoms with van der Waals surface area (Å²) >= 11 is 1.61. The first-order valence-electron chi connectivity index (χ1n) is 11.0. The molecule has 2 aliphatic heterocycles. The molecule has 1 N–H and O–H groups in total. The van der Waals surface area contributed by atoms with E-state index in [1.807, 2.05) is 37.4 Å². The van der Waals surface area contributed by atoms with Crippen LogP contribution in [-0.2, 0) is 22.4 Å². The first kappa shape index (κ1) is 20.4. The predicted molar refractivity (Wildman–Crippen MR) is 129 cm³/mol. The van der Waals surface area contributed by atoms with Gasteiger partial charge in [0.05, 0.1) is 34.9 Å². The van der Waals surface area contributed by atoms with Crippen molar-refractivity contribution in [1.29, 1.82) is 0 Å². The molecule has 0 spiro atoms. The zero-order valence-corrected chi connectivity index (χ0v) is 19.2. The fourth-order valence-corrected chi connectivity index (χ4v) is 6.02. The number of carboxylic acid groups (broad SMARTS) is 1. The standard InChI is InChI=1S/C25H23N3O4S/c1-13-9-18-24(33-25(27-18)28-11-15(12-28)31-2)22(17(13)10-20(29)30)16-3-4-19-21-14(6-8-32-19)5-7-26-23(16)21/h3-5,7,9,15H,6,8,10-12H2,1-2H3,(H,29,30). The lowest BCUT2D eigenvalue weighted by atomic mass is 9.90. The van der Waals surface area contributed by atoms with Gasteiger partial charge in [0.1, 0.15) is 5.75 Å². The molecule has 0 radical (unpaired) electrons. The minimum Gasteiger partial charge on any atom is -0.493 e. The average molecular weight is 462 g/mol. The molecule has 8 heteroatoms. The van der Waals surface area contributed by atoms with Crippen LogP contribution in [0.2, 0.25) is 0 Å². The topological polar surface area (TPSA) is 84.8 Å². The number of rotatable bonds is 5. The maximum atomic E-state index is 11.8. The van der Waals surface area contributed by atoms with Crippen molar-refractivity contribution in [1.82, 2.24) is 9.97 Å². The number of hydrogen-bond donors (Lipinski definition) is 1. The minimum atomic E-state index is -0.854. The van der Waals surface area contributed by atoms with Gasteiger partial charge in [-0.05, 0) is 47.9 Å². The second-order valence-electron chi connectivity index (χ2n) is 8.63.